The van der Waals surface area contributed by atoms with E-state index in [2.05, 4.69) is 67.2 Å². The Labute approximate surface area is 338 Å². The van der Waals surface area contributed by atoms with Gasteiger partial charge in [-0.1, -0.05) is 245 Å². The largest absolute Gasteiger partial charge is 0.314 e. The molecular formula is C51H105NO. The maximum atomic E-state index is 10.00. The van der Waals surface area contributed by atoms with Gasteiger partial charge in [-0.3, -0.25) is 0 Å². The zero-order valence-corrected chi connectivity index (χ0v) is 38.4. The van der Waals surface area contributed by atoms with E-state index in [-0.39, 0.29) is 0 Å². The van der Waals surface area contributed by atoms with Crippen molar-refractivity contribution in [2.24, 2.45) is 5.92 Å². The lowest BCUT2D eigenvalue weighted by Gasteiger charge is -2.14. The van der Waals surface area contributed by atoms with Gasteiger partial charge in [0.25, 0.3) is 0 Å². The molecule has 0 aliphatic carbocycles. The van der Waals surface area contributed by atoms with Gasteiger partial charge in [0.2, 0.25) is 0 Å². The number of allylic oxidation sites excluding steroid dienone is 3. The number of nitrogens with zero attached hydrogens (tertiary/aromatic N) is 1. The van der Waals surface area contributed by atoms with E-state index in [4.69, 9.17) is 0 Å². The van der Waals surface area contributed by atoms with Crippen molar-refractivity contribution in [1.82, 2.24) is 5.06 Å². The monoisotopic (exact) mass is 748 g/mol. The van der Waals surface area contributed by atoms with Crippen molar-refractivity contribution in [3.8, 4) is 0 Å². The molecule has 0 saturated carbocycles. The van der Waals surface area contributed by atoms with Crippen molar-refractivity contribution in [2.75, 3.05) is 13.1 Å². The van der Waals surface area contributed by atoms with Gasteiger partial charge in [-0.2, -0.15) is 5.06 Å². The normalized spacial score (nSPS) is 11.5. The first-order valence-corrected chi connectivity index (χ1v) is 24.7. The molecule has 0 aromatic heterocycles. The van der Waals surface area contributed by atoms with Crippen molar-refractivity contribution in [3.05, 3.63) is 24.3 Å². The Morgan fingerprint density at radius 1 is 0.434 bits per heavy atom. The van der Waals surface area contributed by atoms with Crippen LogP contribution >= 0.6 is 0 Å². The highest BCUT2D eigenvalue weighted by Crippen LogP contribution is 2.21. The lowest BCUT2D eigenvalue weighted by molar-refractivity contribution is -0.0925. The minimum atomic E-state index is 0.789. The van der Waals surface area contributed by atoms with Crippen LogP contribution < -0.4 is 0 Å². The van der Waals surface area contributed by atoms with Gasteiger partial charge in [0.15, 0.2) is 0 Å². The van der Waals surface area contributed by atoms with Gasteiger partial charge in [0, 0.05) is 13.1 Å². The fourth-order valence-corrected chi connectivity index (χ4v) is 7.19. The summed E-state index contributed by atoms with van der Waals surface area (Å²) in [5.41, 5.74) is 1.68. The van der Waals surface area contributed by atoms with E-state index < -0.39 is 0 Å². The molecular weight excluding hydrogens is 643 g/mol. The number of unbranched alkanes of at least 4 members (excludes halogenated alkanes) is 27. The molecule has 53 heavy (non-hydrogen) atoms. The number of hydrogen-bond acceptors (Lipinski definition) is 2. The van der Waals surface area contributed by atoms with E-state index >= 15 is 0 Å². The molecule has 0 unspecified atom stereocenters. The van der Waals surface area contributed by atoms with Crippen molar-refractivity contribution >= 4 is 0 Å². The van der Waals surface area contributed by atoms with Crippen LogP contribution in [0.15, 0.2) is 24.3 Å². The molecule has 1 N–H and O–H groups in total. The molecule has 2 nitrogen and oxygen atoms in total. The van der Waals surface area contributed by atoms with Crippen molar-refractivity contribution in [3.63, 3.8) is 0 Å². The molecule has 2 heteroatoms. The molecule has 0 bridgehead atoms. The average Bonchev–Trinajstić information content (AvgIpc) is 3.16. The van der Waals surface area contributed by atoms with Crippen molar-refractivity contribution < 1.29 is 5.21 Å². The van der Waals surface area contributed by atoms with Crippen molar-refractivity contribution in [1.29, 1.82) is 0 Å². The molecule has 0 amide bonds. The molecule has 0 aliphatic rings. The maximum Gasteiger partial charge on any atom is 0.0238 e. The average molecular weight is 748 g/mol. The van der Waals surface area contributed by atoms with E-state index in [1.165, 1.54) is 225 Å². The molecule has 0 rings (SSSR count). The molecule has 0 heterocycles. The van der Waals surface area contributed by atoms with Gasteiger partial charge in [-0.25, -0.2) is 0 Å². The van der Waals surface area contributed by atoms with Crippen LogP contribution in [0, 0.1) is 5.92 Å². The maximum absolute atomic E-state index is 10.00. The second kappa shape index (κ2) is 53.5. The Morgan fingerprint density at radius 2 is 0.698 bits per heavy atom. The Bertz CT molecular complexity index is 641. The standard InChI is InChI=1S/C29H59NO.C19H38.C3H8/c1-4-7-9-11-13-14-17-21-25-29(6-3)26-22-18-16-20-24-28-30(31)27-23-19-15-12-10-8-5-2;1-4-7-9-11-13-15-17-19(6-3)18-16-14-12-10-8-5-2;1-3-2/h6,31H,4-5,7-28H2,1-3H3;6,19H,3-5,7-18H2,1-2H3;3H2,1-2H3/b29-6-;;. The highest BCUT2D eigenvalue weighted by atomic mass is 16.5. The quantitative estimate of drug-likeness (QED) is 0.0383. The van der Waals surface area contributed by atoms with Crippen LogP contribution in [-0.2, 0) is 0 Å². The van der Waals surface area contributed by atoms with Crippen molar-refractivity contribution in [2.45, 2.75) is 286 Å². The third-order valence-electron chi connectivity index (χ3n) is 10.9. The van der Waals surface area contributed by atoms with Crippen LogP contribution in [0.2, 0.25) is 0 Å². The third kappa shape index (κ3) is 53.5. The third-order valence-corrected chi connectivity index (χ3v) is 10.9. The van der Waals surface area contributed by atoms with E-state index in [0.29, 0.717) is 0 Å². The fourth-order valence-electron chi connectivity index (χ4n) is 7.19. The van der Waals surface area contributed by atoms with Gasteiger partial charge in [0.05, 0.1) is 0 Å². The first-order chi connectivity index (χ1) is 26.0. The van der Waals surface area contributed by atoms with Gasteiger partial charge < -0.3 is 5.21 Å². The van der Waals surface area contributed by atoms with Crippen LogP contribution in [0.25, 0.3) is 0 Å². The summed E-state index contributed by atoms with van der Waals surface area (Å²) in [7, 11) is 0. The highest BCUT2D eigenvalue weighted by molar-refractivity contribution is 4.99. The molecule has 0 radical (unpaired) electrons. The summed E-state index contributed by atoms with van der Waals surface area (Å²) in [6.45, 7) is 21.3. The first kappa shape index (κ1) is 56.7. The van der Waals surface area contributed by atoms with E-state index in [1.54, 1.807) is 10.6 Å². The topological polar surface area (TPSA) is 23.5 Å². The molecule has 0 saturated heterocycles. The Kier molecular flexibility index (Phi) is 57.3. The van der Waals surface area contributed by atoms with E-state index in [1.807, 2.05) is 0 Å². The minimum Gasteiger partial charge on any atom is -0.314 e. The molecule has 0 aromatic carbocycles. The Balaban J connectivity index is -0.000000967. The highest BCUT2D eigenvalue weighted by Gasteiger charge is 2.04. The number of hydrogen-bond donors (Lipinski definition) is 1. The predicted octanol–water partition coefficient (Wildman–Crippen LogP) is 19.0. The van der Waals surface area contributed by atoms with Crippen LogP contribution in [-0.4, -0.2) is 23.4 Å². The lowest BCUT2D eigenvalue weighted by atomic mass is 9.94. The second-order valence-electron chi connectivity index (χ2n) is 16.6. The lowest BCUT2D eigenvalue weighted by Crippen LogP contribution is -2.21. The smallest absolute Gasteiger partial charge is 0.0238 e. The second-order valence-corrected chi connectivity index (χ2v) is 16.6. The molecule has 0 aliphatic heterocycles. The summed E-state index contributed by atoms with van der Waals surface area (Å²) in [6, 6.07) is 0. The fraction of sp³-hybridized carbons (Fsp3) is 0.922. The summed E-state index contributed by atoms with van der Waals surface area (Å²) in [6.07, 6.45) is 55.1. The molecule has 0 atom stereocenters. The Morgan fingerprint density at radius 3 is 0.981 bits per heavy atom. The Hall–Kier alpha value is -0.600. The molecule has 0 fully saturated rings. The van der Waals surface area contributed by atoms with Crippen LogP contribution in [0.4, 0.5) is 0 Å². The zero-order chi connectivity index (χ0) is 39.7. The van der Waals surface area contributed by atoms with Gasteiger partial charge in [0.1, 0.15) is 0 Å². The summed E-state index contributed by atoms with van der Waals surface area (Å²) in [5, 5.41) is 11.6. The van der Waals surface area contributed by atoms with Crippen LogP contribution in [0.3, 0.4) is 0 Å². The summed E-state index contributed by atoms with van der Waals surface area (Å²) < 4.78 is 0. The molecule has 0 spiro atoms. The van der Waals surface area contributed by atoms with E-state index in [9.17, 15) is 5.21 Å². The summed E-state index contributed by atoms with van der Waals surface area (Å²) in [5.74, 6) is 0.789. The molecule has 0 aromatic rings. The van der Waals surface area contributed by atoms with Crippen LogP contribution in [0.5, 0.6) is 0 Å². The zero-order valence-electron chi connectivity index (χ0n) is 38.4. The number of hydroxylamine groups is 2. The van der Waals surface area contributed by atoms with Crippen LogP contribution in [0.1, 0.15) is 286 Å². The minimum absolute atomic E-state index is 0.789. The number of rotatable bonds is 40. The summed E-state index contributed by atoms with van der Waals surface area (Å²) >= 11 is 0. The van der Waals surface area contributed by atoms with Gasteiger partial charge >= 0.3 is 0 Å². The predicted molar refractivity (Wildman–Crippen MR) is 246 cm³/mol. The summed E-state index contributed by atoms with van der Waals surface area (Å²) in [4.78, 5) is 0. The van der Waals surface area contributed by atoms with Gasteiger partial charge in [-0.15, -0.1) is 6.58 Å². The SMILES string of the molecule is C/C=C(/CCCCCCCCCC)CCCCCCCN(O)CCCCCCCCC.C=CC(CCCCCCCC)CCCCCCCC.CCC. The van der Waals surface area contributed by atoms with Gasteiger partial charge in [-0.05, 0) is 64.2 Å². The first-order valence-electron chi connectivity index (χ1n) is 24.7. The van der Waals surface area contributed by atoms with E-state index in [0.717, 1.165) is 31.8 Å². The molecule has 320 valence electrons.